The summed E-state index contributed by atoms with van der Waals surface area (Å²) in [5.74, 6) is -0.519. The van der Waals surface area contributed by atoms with Crippen molar-refractivity contribution in [2.45, 2.75) is 11.6 Å². The van der Waals surface area contributed by atoms with Crippen molar-refractivity contribution in [3.63, 3.8) is 0 Å². The standard InChI is InChI=1S/C23H16F2N6O5S/c1-37(32,33)18-9-8-13(11-27-18)34-22-21(35-17-7-4-10-26-20(17)36-23(24)25)28-12-16(31-22)19-29-14-5-2-3-6-15(14)30-19/h2-12,23H,1H3,(H,29,30). The summed E-state index contributed by atoms with van der Waals surface area (Å²) in [4.78, 5) is 23.9. The molecule has 0 aliphatic heterocycles. The minimum atomic E-state index is -3.53. The van der Waals surface area contributed by atoms with Crippen molar-refractivity contribution in [1.82, 2.24) is 29.9 Å². The number of nitrogens with zero attached hydrogens (tertiary/aromatic N) is 5. The number of nitrogens with one attached hydrogen (secondary N) is 1. The Hall–Kier alpha value is -4.72. The molecule has 188 valence electrons. The zero-order valence-electron chi connectivity index (χ0n) is 18.9. The Balaban J connectivity index is 1.54. The highest BCUT2D eigenvalue weighted by Gasteiger charge is 2.20. The number of imidazole rings is 1. The van der Waals surface area contributed by atoms with Gasteiger partial charge in [0.1, 0.15) is 11.4 Å². The first-order chi connectivity index (χ1) is 17.8. The van der Waals surface area contributed by atoms with E-state index in [0.29, 0.717) is 11.3 Å². The summed E-state index contributed by atoms with van der Waals surface area (Å²) in [6, 6.07) is 12.8. The van der Waals surface area contributed by atoms with Crippen LogP contribution < -0.4 is 14.2 Å². The topological polar surface area (TPSA) is 142 Å². The molecule has 0 atom stereocenters. The fourth-order valence-electron chi connectivity index (χ4n) is 3.17. The predicted octanol–water partition coefficient (Wildman–Crippen LogP) is 4.40. The van der Waals surface area contributed by atoms with Crippen LogP contribution in [0.1, 0.15) is 0 Å². The van der Waals surface area contributed by atoms with Crippen LogP contribution in [0.5, 0.6) is 29.1 Å². The largest absolute Gasteiger partial charge is 0.433 e. The van der Waals surface area contributed by atoms with E-state index >= 15 is 0 Å². The van der Waals surface area contributed by atoms with E-state index in [2.05, 4.69) is 34.6 Å². The maximum Gasteiger partial charge on any atom is 0.388 e. The summed E-state index contributed by atoms with van der Waals surface area (Å²) in [6.07, 6.45) is 4.82. The zero-order chi connectivity index (χ0) is 26.0. The van der Waals surface area contributed by atoms with Crippen molar-refractivity contribution in [3.8, 4) is 40.7 Å². The third-order valence-corrected chi connectivity index (χ3v) is 5.79. The maximum atomic E-state index is 12.8. The number of hydrogen-bond acceptors (Lipinski definition) is 10. The quantitative estimate of drug-likeness (QED) is 0.309. The molecule has 5 aromatic rings. The monoisotopic (exact) mass is 526 g/mol. The Labute approximate surface area is 208 Å². The lowest BCUT2D eigenvalue weighted by Crippen LogP contribution is -2.05. The second-order valence-corrected chi connectivity index (χ2v) is 9.42. The smallest absolute Gasteiger partial charge is 0.388 e. The molecule has 0 unspecified atom stereocenters. The molecule has 0 bridgehead atoms. The molecule has 0 amide bonds. The van der Waals surface area contributed by atoms with Gasteiger partial charge in [-0.2, -0.15) is 8.78 Å². The number of hydrogen-bond donors (Lipinski definition) is 1. The molecule has 4 heterocycles. The minimum Gasteiger partial charge on any atom is -0.433 e. The van der Waals surface area contributed by atoms with Crippen molar-refractivity contribution in [2.24, 2.45) is 0 Å². The van der Waals surface area contributed by atoms with Gasteiger partial charge >= 0.3 is 6.61 Å². The normalized spacial score (nSPS) is 11.6. The van der Waals surface area contributed by atoms with Gasteiger partial charge in [-0.25, -0.2) is 33.3 Å². The molecule has 0 saturated carbocycles. The molecule has 11 nitrogen and oxygen atoms in total. The van der Waals surface area contributed by atoms with Gasteiger partial charge in [-0.05, 0) is 36.4 Å². The van der Waals surface area contributed by atoms with E-state index in [1.807, 2.05) is 24.3 Å². The molecule has 0 saturated heterocycles. The molecule has 0 radical (unpaired) electrons. The molecule has 14 heteroatoms. The number of aromatic nitrogens is 6. The first kappa shape index (κ1) is 24.0. The molecule has 0 aliphatic rings. The molecule has 1 aromatic carbocycles. The van der Waals surface area contributed by atoms with Crippen LogP contribution >= 0.6 is 0 Å². The summed E-state index contributed by atoms with van der Waals surface area (Å²) >= 11 is 0. The Bertz CT molecular complexity index is 1650. The highest BCUT2D eigenvalue weighted by Crippen LogP contribution is 2.36. The van der Waals surface area contributed by atoms with Crippen LogP contribution in [-0.2, 0) is 9.84 Å². The minimum absolute atomic E-state index is 0.114. The molecule has 0 aliphatic carbocycles. The summed E-state index contributed by atoms with van der Waals surface area (Å²) in [5.41, 5.74) is 1.76. The maximum absolute atomic E-state index is 12.8. The van der Waals surface area contributed by atoms with Crippen molar-refractivity contribution in [1.29, 1.82) is 0 Å². The molecule has 37 heavy (non-hydrogen) atoms. The van der Waals surface area contributed by atoms with Crippen LogP contribution in [-0.4, -0.2) is 51.2 Å². The zero-order valence-corrected chi connectivity index (χ0v) is 19.7. The van der Waals surface area contributed by atoms with Gasteiger partial charge in [-0.15, -0.1) is 0 Å². The second kappa shape index (κ2) is 9.73. The molecular formula is C23H16F2N6O5S. The van der Waals surface area contributed by atoms with Gasteiger partial charge in [-0.3, -0.25) is 0 Å². The van der Waals surface area contributed by atoms with Crippen LogP contribution in [0.4, 0.5) is 8.78 Å². The van der Waals surface area contributed by atoms with Gasteiger partial charge in [-0.1, -0.05) is 12.1 Å². The lowest BCUT2D eigenvalue weighted by atomic mass is 10.3. The van der Waals surface area contributed by atoms with Crippen molar-refractivity contribution >= 4 is 20.9 Å². The Morgan fingerprint density at radius 3 is 2.43 bits per heavy atom. The number of aromatic amines is 1. The molecule has 5 rings (SSSR count). The molecular weight excluding hydrogens is 510 g/mol. The van der Waals surface area contributed by atoms with Crippen LogP contribution in [0, 0.1) is 0 Å². The number of fused-ring (bicyclic) bond motifs is 1. The fraction of sp³-hybridized carbons (Fsp3) is 0.0870. The van der Waals surface area contributed by atoms with Gasteiger partial charge < -0.3 is 19.2 Å². The number of rotatable bonds is 8. The summed E-state index contributed by atoms with van der Waals surface area (Å²) < 4.78 is 65.0. The molecule has 0 spiro atoms. The molecule has 4 aromatic heterocycles. The third kappa shape index (κ3) is 5.43. The average molecular weight is 526 g/mol. The summed E-state index contributed by atoms with van der Waals surface area (Å²) in [5, 5.41) is -0.150. The van der Waals surface area contributed by atoms with Gasteiger partial charge in [0.25, 0.3) is 17.6 Å². The highest BCUT2D eigenvalue weighted by atomic mass is 32.2. The molecule has 1 N–H and O–H groups in total. The highest BCUT2D eigenvalue weighted by molar-refractivity contribution is 7.90. The number of pyridine rings is 2. The number of para-hydroxylation sites is 2. The number of H-pyrrole nitrogens is 1. The fourth-order valence-corrected chi connectivity index (χ4v) is 3.73. The lowest BCUT2D eigenvalue weighted by molar-refractivity contribution is -0.0541. The first-order valence-electron chi connectivity index (χ1n) is 10.5. The number of alkyl halides is 2. The van der Waals surface area contributed by atoms with Crippen LogP contribution in [0.3, 0.4) is 0 Å². The van der Waals surface area contributed by atoms with Crippen molar-refractivity contribution in [2.75, 3.05) is 6.26 Å². The number of ether oxygens (including phenoxy) is 3. The van der Waals surface area contributed by atoms with Gasteiger partial charge in [0.05, 0.1) is 23.4 Å². The Morgan fingerprint density at radius 2 is 1.70 bits per heavy atom. The lowest BCUT2D eigenvalue weighted by Gasteiger charge is -2.13. The Kier molecular flexibility index (Phi) is 6.31. The van der Waals surface area contributed by atoms with E-state index in [1.54, 1.807) is 0 Å². The Morgan fingerprint density at radius 1 is 0.865 bits per heavy atom. The number of halogens is 2. The summed E-state index contributed by atoms with van der Waals surface area (Å²) in [6.45, 7) is -3.13. The number of sulfone groups is 1. The predicted molar refractivity (Wildman–Crippen MR) is 125 cm³/mol. The van der Waals surface area contributed by atoms with Crippen molar-refractivity contribution in [3.05, 3.63) is 67.1 Å². The van der Waals surface area contributed by atoms with Gasteiger partial charge in [0.2, 0.25) is 0 Å². The van der Waals surface area contributed by atoms with E-state index in [1.165, 1.54) is 42.9 Å². The van der Waals surface area contributed by atoms with E-state index in [-0.39, 0.29) is 34.0 Å². The van der Waals surface area contributed by atoms with Crippen LogP contribution in [0.2, 0.25) is 0 Å². The van der Waals surface area contributed by atoms with Gasteiger partial charge in [0.15, 0.2) is 26.4 Å². The van der Waals surface area contributed by atoms with E-state index in [0.717, 1.165) is 11.8 Å². The molecule has 0 fully saturated rings. The van der Waals surface area contributed by atoms with Gasteiger partial charge in [0, 0.05) is 12.5 Å². The summed E-state index contributed by atoms with van der Waals surface area (Å²) in [7, 11) is -3.53. The van der Waals surface area contributed by atoms with E-state index < -0.39 is 22.3 Å². The van der Waals surface area contributed by atoms with E-state index in [4.69, 9.17) is 9.47 Å². The van der Waals surface area contributed by atoms with Crippen molar-refractivity contribution < 1.29 is 31.4 Å². The van der Waals surface area contributed by atoms with Crippen LogP contribution in [0.25, 0.3) is 22.6 Å². The average Bonchev–Trinajstić information content (AvgIpc) is 3.30. The van der Waals surface area contributed by atoms with E-state index in [9.17, 15) is 17.2 Å². The third-order valence-electron chi connectivity index (χ3n) is 4.79. The first-order valence-corrected chi connectivity index (χ1v) is 12.4. The number of benzene rings is 1. The second-order valence-electron chi connectivity index (χ2n) is 7.46. The SMILES string of the molecule is CS(=O)(=O)c1ccc(Oc2nc(-c3nc4ccccc4[nH]3)cnc2Oc2cccnc2OC(F)F)cn1. The van der Waals surface area contributed by atoms with Crippen LogP contribution in [0.15, 0.2) is 72.1 Å².